The average Bonchev–Trinajstić information content (AvgIpc) is 2.66. The molecule has 154 valence electrons. The lowest BCUT2D eigenvalue weighted by molar-refractivity contribution is 0.102. The molecule has 8 nitrogen and oxygen atoms in total. The molecular formula is C18H38N4O4. The van der Waals surface area contributed by atoms with Crippen LogP contribution in [0.2, 0.25) is 0 Å². The van der Waals surface area contributed by atoms with Crippen molar-refractivity contribution in [3.8, 4) is 0 Å². The first-order valence-electron chi connectivity index (χ1n) is 9.66. The molecule has 0 aromatic rings. The van der Waals surface area contributed by atoms with Gasteiger partial charge >= 0.3 is 12.2 Å². The fourth-order valence-corrected chi connectivity index (χ4v) is 2.69. The molecule has 0 bridgehead atoms. The molecule has 8 heteroatoms. The van der Waals surface area contributed by atoms with Crippen molar-refractivity contribution in [2.75, 3.05) is 53.5 Å². The Kier molecular flexibility index (Phi) is 15.9. The maximum Gasteiger partial charge on any atom is 0.409 e. The third-order valence-corrected chi connectivity index (χ3v) is 4.27. The summed E-state index contributed by atoms with van der Waals surface area (Å²) in [6.45, 7) is 3.48. The highest BCUT2D eigenvalue weighted by atomic mass is 16.5. The molecule has 0 spiro atoms. The van der Waals surface area contributed by atoms with Gasteiger partial charge in [-0.15, -0.1) is 0 Å². The van der Waals surface area contributed by atoms with Crippen LogP contribution in [-0.2, 0) is 9.47 Å². The zero-order valence-corrected chi connectivity index (χ0v) is 16.6. The third kappa shape index (κ3) is 11.9. The molecule has 4 N–H and O–H groups in total. The van der Waals surface area contributed by atoms with Crippen molar-refractivity contribution in [3.05, 3.63) is 0 Å². The summed E-state index contributed by atoms with van der Waals surface area (Å²) in [6, 6.07) is 0. The first-order chi connectivity index (χ1) is 12.6. The number of unbranched alkanes of at least 4 members (excludes halogenated alkanes) is 6. The van der Waals surface area contributed by atoms with Crippen molar-refractivity contribution >= 4 is 12.2 Å². The molecule has 0 fully saturated rings. The second-order valence-electron chi connectivity index (χ2n) is 6.32. The number of hydrogen-bond acceptors (Lipinski definition) is 6. The van der Waals surface area contributed by atoms with E-state index in [4.69, 9.17) is 20.9 Å². The third-order valence-electron chi connectivity index (χ3n) is 4.27. The average molecular weight is 375 g/mol. The monoisotopic (exact) mass is 374 g/mol. The van der Waals surface area contributed by atoms with Crippen molar-refractivity contribution < 1.29 is 19.1 Å². The maximum atomic E-state index is 12.0. The summed E-state index contributed by atoms with van der Waals surface area (Å²) in [6.07, 6.45) is 7.22. The Morgan fingerprint density at radius 2 is 0.962 bits per heavy atom. The van der Waals surface area contributed by atoms with Crippen LogP contribution in [0.15, 0.2) is 0 Å². The minimum atomic E-state index is -0.364. The van der Waals surface area contributed by atoms with Gasteiger partial charge in [0.25, 0.3) is 0 Å². The number of carbonyl (C=O) groups is 2. The Balaban J connectivity index is 4.38. The fourth-order valence-electron chi connectivity index (χ4n) is 2.69. The van der Waals surface area contributed by atoms with E-state index in [0.29, 0.717) is 39.3 Å². The Morgan fingerprint density at radius 3 is 1.27 bits per heavy atom. The van der Waals surface area contributed by atoms with Gasteiger partial charge in [-0.3, -0.25) is 0 Å². The lowest BCUT2D eigenvalue weighted by atomic mass is 10.2. The van der Waals surface area contributed by atoms with Crippen LogP contribution in [0.4, 0.5) is 9.59 Å². The van der Waals surface area contributed by atoms with E-state index in [-0.39, 0.29) is 12.2 Å². The van der Waals surface area contributed by atoms with Crippen molar-refractivity contribution in [1.82, 2.24) is 9.80 Å². The maximum absolute atomic E-state index is 12.0. The van der Waals surface area contributed by atoms with E-state index in [1.165, 1.54) is 14.2 Å². The number of carbonyl (C=O) groups excluding carboxylic acids is 2. The minimum Gasteiger partial charge on any atom is -0.453 e. The van der Waals surface area contributed by atoms with Crippen molar-refractivity contribution in [3.63, 3.8) is 0 Å². The van der Waals surface area contributed by atoms with Crippen molar-refractivity contribution in [2.45, 2.75) is 51.4 Å². The molecule has 0 saturated heterocycles. The van der Waals surface area contributed by atoms with Crippen LogP contribution in [0.3, 0.4) is 0 Å². The smallest absolute Gasteiger partial charge is 0.409 e. The van der Waals surface area contributed by atoms with Gasteiger partial charge in [-0.25, -0.2) is 9.59 Å². The van der Waals surface area contributed by atoms with E-state index in [1.807, 2.05) is 0 Å². The van der Waals surface area contributed by atoms with Crippen LogP contribution >= 0.6 is 0 Å². The van der Waals surface area contributed by atoms with Crippen LogP contribution in [0.1, 0.15) is 51.4 Å². The molecule has 0 aliphatic heterocycles. The van der Waals surface area contributed by atoms with E-state index >= 15 is 0 Å². The van der Waals surface area contributed by atoms with E-state index < -0.39 is 0 Å². The molecule has 0 aliphatic rings. The highest BCUT2D eigenvalue weighted by molar-refractivity contribution is 5.68. The van der Waals surface area contributed by atoms with Crippen LogP contribution < -0.4 is 11.5 Å². The zero-order valence-electron chi connectivity index (χ0n) is 16.6. The van der Waals surface area contributed by atoms with Gasteiger partial charge < -0.3 is 30.7 Å². The van der Waals surface area contributed by atoms with Crippen molar-refractivity contribution in [2.24, 2.45) is 11.5 Å². The second kappa shape index (κ2) is 16.9. The Hall–Kier alpha value is -1.54. The van der Waals surface area contributed by atoms with Gasteiger partial charge in [-0.05, 0) is 38.8 Å². The molecule has 0 rings (SSSR count). The highest BCUT2D eigenvalue weighted by Crippen LogP contribution is 2.06. The SMILES string of the molecule is COC(=O)N(CCCCCCN)CCN(CCCCCCN)C(=O)OC. The first kappa shape index (κ1) is 24.5. The topological polar surface area (TPSA) is 111 Å². The lowest BCUT2D eigenvalue weighted by Gasteiger charge is -2.26. The van der Waals surface area contributed by atoms with Gasteiger partial charge in [-0.1, -0.05) is 25.7 Å². The second-order valence-corrected chi connectivity index (χ2v) is 6.32. The van der Waals surface area contributed by atoms with E-state index in [2.05, 4.69) is 0 Å². The summed E-state index contributed by atoms with van der Waals surface area (Å²) in [5.74, 6) is 0. The largest absolute Gasteiger partial charge is 0.453 e. The summed E-state index contributed by atoms with van der Waals surface area (Å²) in [5.41, 5.74) is 11.0. The molecule has 0 aromatic heterocycles. The van der Waals surface area contributed by atoms with Crippen molar-refractivity contribution in [1.29, 1.82) is 0 Å². The van der Waals surface area contributed by atoms with Gasteiger partial charge in [0.05, 0.1) is 14.2 Å². The summed E-state index contributed by atoms with van der Waals surface area (Å²) < 4.78 is 9.71. The number of methoxy groups -OCH3 is 2. The van der Waals surface area contributed by atoms with Gasteiger partial charge in [0.15, 0.2) is 0 Å². The van der Waals surface area contributed by atoms with Gasteiger partial charge in [0.1, 0.15) is 0 Å². The minimum absolute atomic E-state index is 0.364. The Bertz CT molecular complexity index is 335. The molecule has 2 amide bonds. The van der Waals surface area contributed by atoms with Crippen LogP contribution in [-0.4, -0.2) is 75.5 Å². The van der Waals surface area contributed by atoms with Crippen LogP contribution in [0, 0.1) is 0 Å². The predicted octanol–water partition coefficient (Wildman–Crippen LogP) is 2.16. The summed E-state index contributed by atoms with van der Waals surface area (Å²) in [5, 5.41) is 0. The number of nitrogens with zero attached hydrogens (tertiary/aromatic N) is 2. The van der Waals surface area contributed by atoms with Gasteiger partial charge in [0.2, 0.25) is 0 Å². The number of ether oxygens (including phenoxy) is 2. The molecule has 0 aliphatic carbocycles. The fraction of sp³-hybridized carbons (Fsp3) is 0.889. The molecule has 0 radical (unpaired) electrons. The normalized spacial score (nSPS) is 10.5. The molecule has 0 unspecified atom stereocenters. The molecule has 0 heterocycles. The zero-order chi connectivity index (χ0) is 19.6. The van der Waals surface area contributed by atoms with E-state index in [9.17, 15) is 9.59 Å². The Labute approximate surface area is 158 Å². The van der Waals surface area contributed by atoms with Gasteiger partial charge in [0, 0.05) is 26.2 Å². The standard InChI is InChI=1S/C18H38N4O4/c1-25-17(23)21(13-9-5-3-7-11-19)15-16-22(18(24)26-2)14-10-6-4-8-12-20/h3-16,19-20H2,1-2H3. The first-order valence-corrected chi connectivity index (χ1v) is 9.66. The van der Waals surface area contributed by atoms with Crippen LogP contribution in [0.5, 0.6) is 0 Å². The molecule has 26 heavy (non-hydrogen) atoms. The van der Waals surface area contributed by atoms with Crippen LogP contribution in [0.25, 0.3) is 0 Å². The lowest BCUT2D eigenvalue weighted by Crippen LogP contribution is -2.42. The number of amides is 2. The number of hydrogen-bond donors (Lipinski definition) is 2. The molecule has 0 aromatic carbocycles. The van der Waals surface area contributed by atoms with E-state index in [0.717, 1.165) is 51.4 Å². The molecular weight excluding hydrogens is 336 g/mol. The molecule has 0 saturated carbocycles. The quantitative estimate of drug-likeness (QED) is 0.425. The highest BCUT2D eigenvalue weighted by Gasteiger charge is 2.18. The summed E-state index contributed by atoms with van der Waals surface area (Å²) in [4.78, 5) is 27.2. The number of nitrogens with two attached hydrogens (primary N) is 2. The van der Waals surface area contributed by atoms with Gasteiger partial charge in [-0.2, -0.15) is 0 Å². The molecule has 0 atom stereocenters. The predicted molar refractivity (Wildman–Crippen MR) is 103 cm³/mol. The Morgan fingerprint density at radius 1 is 0.615 bits per heavy atom. The van der Waals surface area contributed by atoms with E-state index in [1.54, 1.807) is 9.80 Å². The summed E-state index contributed by atoms with van der Waals surface area (Å²) in [7, 11) is 2.75. The summed E-state index contributed by atoms with van der Waals surface area (Å²) >= 11 is 0. The number of rotatable bonds is 15.